The molecule has 1 amide bonds. The van der Waals surface area contributed by atoms with E-state index in [4.69, 9.17) is 25.5 Å². The first-order valence-corrected chi connectivity index (χ1v) is 12.1. The number of para-hydroxylation sites is 2. The van der Waals surface area contributed by atoms with Crippen LogP contribution in [0.2, 0.25) is 0 Å². The lowest BCUT2D eigenvalue weighted by Gasteiger charge is -2.05. The number of aromatic nitrogens is 1. The van der Waals surface area contributed by atoms with Gasteiger partial charge >= 0.3 is 0 Å². The van der Waals surface area contributed by atoms with Crippen LogP contribution in [0.4, 0.5) is 0 Å². The van der Waals surface area contributed by atoms with Crippen LogP contribution < -0.4 is 22.7 Å². The van der Waals surface area contributed by atoms with Gasteiger partial charge in [0, 0.05) is 23.9 Å². The largest absolute Gasteiger partial charge is 0.436 e. The molecule has 190 valence electrons. The predicted octanol–water partition coefficient (Wildman–Crippen LogP) is 4.70. The van der Waals surface area contributed by atoms with Crippen LogP contribution in [-0.2, 0) is 9.53 Å². The molecule has 8 heteroatoms. The average Bonchev–Trinajstić information content (AvgIpc) is 3.64. The normalized spacial score (nSPS) is 17.3. The Balaban J connectivity index is 0.000000233. The highest BCUT2D eigenvalue weighted by Crippen LogP contribution is 2.25. The zero-order valence-electron chi connectivity index (χ0n) is 20.8. The molecule has 2 heterocycles. The van der Waals surface area contributed by atoms with Crippen LogP contribution in [0.1, 0.15) is 57.9 Å². The van der Waals surface area contributed by atoms with E-state index in [1.165, 1.54) is 44.7 Å². The van der Waals surface area contributed by atoms with Crippen molar-refractivity contribution in [2.75, 3.05) is 6.61 Å². The fourth-order valence-corrected chi connectivity index (χ4v) is 3.88. The minimum atomic E-state index is 0.250. The molecule has 2 fully saturated rings. The van der Waals surface area contributed by atoms with Gasteiger partial charge in [0.25, 0.3) is 0 Å². The molecule has 1 saturated heterocycles. The Bertz CT molecular complexity index is 974. The van der Waals surface area contributed by atoms with Crippen LogP contribution in [0.25, 0.3) is 28.3 Å². The maximum atomic E-state index is 8.58. The molecule has 2 aromatic carbocycles. The molecule has 5 rings (SSSR count). The molecule has 0 spiro atoms. The van der Waals surface area contributed by atoms with E-state index in [0.717, 1.165) is 34.8 Å². The van der Waals surface area contributed by atoms with Crippen LogP contribution in [0.15, 0.2) is 59.1 Å². The number of carbonyl (C=O) groups excluding carboxylic acids is 1. The first-order valence-electron chi connectivity index (χ1n) is 12.1. The van der Waals surface area contributed by atoms with Gasteiger partial charge in [-0.15, -0.1) is 0 Å². The number of nitrogens with two attached hydrogens (primary N) is 3. The molecule has 1 atom stereocenters. The lowest BCUT2D eigenvalue weighted by atomic mass is 10.1. The molecule has 0 unspecified atom stereocenters. The quantitative estimate of drug-likeness (QED) is 0.241. The number of ether oxygens (including phenoxy) is 1. The van der Waals surface area contributed by atoms with Gasteiger partial charge in [0.05, 0.1) is 11.8 Å². The summed E-state index contributed by atoms with van der Waals surface area (Å²) in [6.07, 6.45) is 10.7. The molecule has 3 aromatic rings. The van der Waals surface area contributed by atoms with Gasteiger partial charge in [0.15, 0.2) is 5.58 Å². The smallest absolute Gasteiger partial charge is 0.227 e. The van der Waals surface area contributed by atoms with Crippen LogP contribution in [0.3, 0.4) is 0 Å². The highest BCUT2D eigenvalue weighted by atomic mass is 16.5. The van der Waals surface area contributed by atoms with E-state index in [-0.39, 0.29) is 6.41 Å². The van der Waals surface area contributed by atoms with Crippen molar-refractivity contribution in [3.63, 3.8) is 0 Å². The van der Waals surface area contributed by atoms with Gasteiger partial charge in [0.1, 0.15) is 5.52 Å². The van der Waals surface area contributed by atoms with Crippen molar-refractivity contribution in [1.82, 2.24) is 10.4 Å². The Morgan fingerprint density at radius 2 is 1.66 bits per heavy atom. The second-order valence-electron chi connectivity index (χ2n) is 8.64. The van der Waals surface area contributed by atoms with Gasteiger partial charge < -0.3 is 26.0 Å². The van der Waals surface area contributed by atoms with Gasteiger partial charge in [-0.3, -0.25) is 10.6 Å². The highest BCUT2D eigenvalue weighted by Gasteiger charge is 2.09. The SMILES string of the molecule is CC1CCCC1.C[C@H]1CCCO1.N/C=C(\NN)c1ccc(-c2nc3ccccc3o2)cc1.NC=O. The van der Waals surface area contributed by atoms with Crippen LogP contribution in [0, 0.1) is 5.92 Å². The number of rotatable bonds is 3. The van der Waals surface area contributed by atoms with Crippen LogP contribution in [-0.4, -0.2) is 24.1 Å². The highest BCUT2D eigenvalue weighted by molar-refractivity contribution is 5.76. The number of nitrogens with zero attached hydrogens (tertiary/aromatic N) is 1. The summed E-state index contributed by atoms with van der Waals surface area (Å²) in [4.78, 5) is 13.0. The average molecular weight is 482 g/mol. The molecule has 1 saturated carbocycles. The van der Waals surface area contributed by atoms with Crippen molar-refractivity contribution in [3.05, 3.63) is 60.3 Å². The molecule has 1 aliphatic carbocycles. The van der Waals surface area contributed by atoms with Crippen molar-refractivity contribution in [2.24, 2.45) is 23.2 Å². The zero-order chi connectivity index (χ0) is 25.5. The van der Waals surface area contributed by atoms with Gasteiger partial charge in [-0.2, -0.15) is 0 Å². The summed E-state index contributed by atoms with van der Waals surface area (Å²) in [5.74, 6) is 7.03. The Morgan fingerprint density at radius 1 is 1.00 bits per heavy atom. The van der Waals surface area contributed by atoms with E-state index >= 15 is 0 Å². The molecular formula is C27H39N5O3. The molecular weight excluding hydrogens is 442 g/mol. The number of primary amides is 1. The molecule has 8 nitrogen and oxygen atoms in total. The van der Waals surface area contributed by atoms with E-state index < -0.39 is 0 Å². The third-order valence-corrected chi connectivity index (χ3v) is 5.86. The Hall–Kier alpha value is -3.36. The number of hydrogen-bond acceptors (Lipinski definition) is 7. The molecule has 7 N–H and O–H groups in total. The molecule has 0 bridgehead atoms. The van der Waals surface area contributed by atoms with E-state index in [1.54, 1.807) is 0 Å². The number of fused-ring (bicyclic) bond motifs is 1. The Morgan fingerprint density at radius 3 is 2.09 bits per heavy atom. The maximum Gasteiger partial charge on any atom is 0.227 e. The van der Waals surface area contributed by atoms with Gasteiger partial charge in [-0.05, 0) is 49.9 Å². The molecule has 1 aliphatic heterocycles. The van der Waals surface area contributed by atoms with E-state index in [2.05, 4.69) is 30.0 Å². The van der Waals surface area contributed by atoms with Crippen molar-refractivity contribution >= 4 is 23.2 Å². The Kier molecular flexibility index (Phi) is 12.4. The molecule has 35 heavy (non-hydrogen) atoms. The molecule has 2 aliphatic rings. The summed E-state index contributed by atoms with van der Waals surface area (Å²) in [7, 11) is 0. The third kappa shape index (κ3) is 9.42. The lowest BCUT2D eigenvalue weighted by Crippen LogP contribution is -2.20. The second kappa shape index (κ2) is 15.5. The molecule has 0 radical (unpaired) electrons. The van der Waals surface area contributed by atoms with E-state index in [1.807, 2.05) is 48.5 Å². The van der Waals surface area contributed by atoms with Crippen molar-refractivity contribution in [1.29, 1.82) is 0 Å². The fourth-order valence-electron chi connectivity index (χ4n) is 3.88. The zero-order valence-corrected chi connectivity index (χ0v) is 20.8. The minimum Gasteiger partial charge on any atom is -0.436 e. The fraction of sp³-hybridized carbons (Fsp3) is 0.407. The number of nitrogens with one attached hydrogen (secondary N) is 1. The van der Waals surface area contributed by atoms with Crippen LogP contribution >= 0.6 is 0 Å². The van der Waals surface area contributed by atoms with E-state index in [0.29, 0.717) is 17.7 Å². The standard InChI is InChI=1S/C15H14N4O.C6H12.C5H10O.CH3NO/c16-9-13(19-17)10-5-7-11(8-6-10)15-18-12-3-1-2-4-14(12)20-15;1-6-4-2-3-5-6;1-5-3-2-4-6-5;2-1-3/h1-9,19H,16-17H2;6H,2-5H2,1H3;5H,2-4H2,1H3;1H,(H2,2,3)/b13-9-;;;/t;;5-;/m..0./s1. The second-order valence-corrected chi connectivity index (χ2v) is 8.64. The minimum absolute atomic E-state index is 0.250. The number of hydrogen-bond donors (Lipinski definition) is 4. The number of oxazole rings is 1. The topological polar surface area (TPSA) is 142 Å². The first kappa shape index (κ1) is 27.9. The number of benzene rings is 2. The van der Waals surface area contributed by atoms with Gasteiger partial charge in [0.2, 0.25) is 12.3 Å². The number of amides is 1. The predicted molar refractivity (Wildman–Crippen MR) is 141 cm³/mol. The van der Waals surface area contributed by atoms with Crippen LogP contribution in [0.5, 0.6) is 0 Å². The van der Waals surface area contributed by atoms with Gasteiger partial charge in [-0.1, -0.05) is 56.9 Å². The summed E-state index contributed by atoms with van der Waals surface area (Å²) >= 11 is 0. The summed E-state index contributed by atoms with van der Waals surface area (Å²) in [6, 6.07) is 15.3. The monoisotopic (exact) mass is 481 g/mol. The summed E-state index contributed by atoms with van der Waals surface area (Å²) in [5.41, 5.74) is 16.3. The maximum absolute atomic E-state index is 8.58. The molecule has 1 aromatic heterocycles. The van der Waals surface area contributed by atoms with E-state index in [9.17, 15) is 0 Å². The number of hydrazine groups is 1. The third-order valence-electron chi connectivity index (χ3n) is 5.86. The summed E-state index contributed by atoms with van der Waals surface area (Å²) in [5, 5.41) is 0. The Labute approximate surface area is 207 Å². The number of carbonyl (C=O) groups is 1. The van der Waals surface area contributed by atoms with Crippen molar-refractivity contribution in [3.8, 4) is 11.5 Å². The lowest BCUT2D eigenvalue weighted by molar-refractivity contribution is -0.106. The van der Waals surface area contributed by atoms with Crippen molar-refractivity contribution in [2.45, 2.75) is 58.5 Å². The van der Waals surface area contributed by atoms with Gasteiger partial charge in [-0.25, -0.2) is 4.98 Å². The summed E-state index contributed by atoms with van der Waals surface area (Å²) < 4.78 is 10.9. The summed E-state index contributed by atoms with van der Waals surface area (Å²) in [6.45, 7) is 5.45. The van der Waals surface area contributed by atoms with Crippen molar-refractivity contribution < 1.29 is 13.9 Å². The first-order chi connectivity index (χ1) is 17.0.